The molecule has 0 spiro atoms. The number of methoxy groups -OCH3 is 1. The Bertz CT molecular complexity index is 885. The first-order chi connectivity index (χ1) is 14.7. The number of benzene rings is 2. The molecule has 0 aliphatic carbocycles. The van der Waals surface area contributed by atoms with Crippen molar-refractivity contribution in [1.29, 1.82) is 0 Å². The number of carbonyl (C=O) groups is 2. The Hall–Kier alpha value is -2.24. The second-order valence-corrected chi connectivity index (χ2v) is 8.69. The van der Waals surface area contributed by atoms with Gasteiger partial charge in [0, 0.05) is 23.1 Å². The quantitative estimate of drug-likeness (QED) is 0.530. The molecule has 0 saturated heterocycles. The van der Waals surface area contributed by atoms with Crippen LogP contribution in [0.4, 0.5) is 0 Å². The van der Waals surface area contributed by atoms with Crippen molar-refractivity contribution in [3.8, 4) is 5.75 Å². The zero-order valence-electron chi connectivity index (χ0n) is 18.5. The van der Waals surface area contributed by atoms with Crippen LogP contribution in [0.5, 0.6) is 5.75 Å². The Morgan fingerprint density at radius 1 is 1.10 bits per heavy atom. The smallest absolute Gasteiger partial charge is 0.242 e. The highest BCUT2D eigenvalue weighted by atomic mass is 35.5. The van der Waals surface area contributed by atoms with E-state index in [1.807, 2.05) is 45.0 Å². The number of halogens is 2. The standard InChI is InChI=1S/C24H30Cl2N2O3/c1-5-22(24(30)27-14-16(2)3)28(15-18-8-9-19(25)13-21(18)26)23(29)12-17-6-10-20(31-4)11-7-17/h6-11,13,16,22H,5,12,14-15H2,1-4H3,(H,27,30)/t22-/m0/s1. The number of ether oxygens (including phenoxy) is 1. The van der Waals surface area contributed by atoms with Crippen molar-refractivity contribution in [2.24, 2.45) is 5.92 Å². The Balaban J connectivity index is 2.29. The predicted octanol–water partition coefficient (Wildman–Crippen LogP) is 5.12. The minimum atomic E-state index is -0.601. The van der Waals surface area contributed by atoms with E-state index < -0.39 is 6.04 Å². The van der Waals surface area contributed by atoms with E-state index in [1.165, 1.54) is 0 Å². The maximum Gasteiger partial charge on any atom is 0.242 e. The van der Waals surface area contributed by atoms with E-state index in [0.717, 1.165) is 16.9 Å². The van der Waals surface area contributed by atoms with Crippen molar-refractivity contribution in [2.45, 2.75) is 46.2 Å². The van der Waals surface area contributed by atoms with Crippen LogP contribution in [-0.2, 0) is 22.6 Å². The highest BCUT2D eigenvalue weighted by Crippen LogP contribution is 2.24. The lowest BCUT2D eigenvalue weighted by atomic mass is 10.1. The zero-order chi connectivity index (χ0) is 23.0. The third-order valence-corrected chi connectivity index (χ3v) is 5.53. The molecule has 2 amide bonds. The number of hydrogen-bond acceptors (Lipinski definition) is 3. The van der Waals surface area contributed by atoms with Gasteiger partial charge in [0.05, 0.1) is 13.5 Å². The molecule has 7 heteroatoms. The molecule has 2 aromatic carbocycles. The van der Waals surface area contributed by atoms with Crippen molar-refractivity contribution >= 4 is 35.0 Å². The van der Waals surface area contributed by atoms with Gasteiger partial charge in [-0.3, -0.25) is 9.59 Å². The molecule has 5 nitrogen and oxygen atoms in total. The Morgan fingerprint density at radius 2 is 1.77 bits per heavy atom. The maximum atomic E-state index is 13.3. The van der Waals surface area contributed by atoms with Crippen molar-refractivity contribution in [2.75, 3.05) is 13.7 Å². The summed E-state index contributed by atoms with van der Waals surface area (Å²) in [4.78, 5) is 27.9. The van der Waals surface area contributed by atoms with E-state index in [9.17, 15) is 9.59 Å². The van der Waals surface area contributed by atoms with Crippen LogP contribution in [-0.4, -0.2) is 36.4 Å². The fraction of sp³-hybridized carbons (Fsp3) is 0.417. The second-order valence-electron chi connectivity index (χ2n) is 7.85. The van der Waals surface area contributed by atoms with Crippen LogP contribution in [0.2, 0.25) is 10.0 Å². The highest BCUT2D eigenvalue weighted by molar-refractivity contribution is 6.35. The molecule has 0 unspecified atom stereocenters. The van der Waals surface area contributed by atoms with Gasteiger partial charge < -0.3 is 15.0 Å². The molecule has 0 radical (unpaired) electrons. The Labute approximate surface area is 194 Å². The SMILES string of the molecule is CC[C@@H](C(=O)NCC(C)C)N(Cc1ccc(Cl)cc1Cl)C(=O)Cc1ccc(OC)cc1. The van der Waals surface area contributed by atoms with E-state index in [-0.39, 0.29) is 24.8 Å². The van der Waals surface area contributed by atoms with E-state index in [1.54, 1.807) is 30.2 Å². The third kappa shape index (κ3) is 7.44. The highest BCUT2D eigenvalue weighted by Gasteiger charge is 2.29. The average Bonchev–Trinajstić information content (AvgIpc) is 2.74. The molecule has 0 aliphatic heterocycles. The van der Waals surface area contributed by atoms with Gasteiger partial charge in [-0.2, -0.15) is 0 Å². The van der Waals surface area contributed by atoms with E-state index in [0.29, 0.717) is 28.9 Å². The monoisotopic (exact) mass is 464 g/mol. The van der Waals surface area contributed by atoms with Gasteiger partial charge in [0.1, 0.15) is 11.8 Å². The first kappa shape index (κ1) is 25.0. The number of nitrogens with one attached hydrogen (secondary N) is 1. The fourth-order valence-corrected chi connectivity index (χ4v) is 3.66. The van der Waals surface area contributed by atoms with Gasteiger partial charge in [-0.15, -0.1) is 0 Å². The van der Waals surface area contributed by atoms with Gasteiger partial charge in [0.2, 0.25) is 11.8 Å². The molecular formula is C24H30Cl2N2O3. The molecule has 2 aromatic rings. The van der Waals surface area contributed by atoms with Crippen LogP contribution >= 0.6 is 23.2 Å². The van der Waals surface area contributed by atoms with Gasteiger partial charge in [-0.25, -0.2) is 0 Å². The topological polar surface area (TPSA) is 58.6 Å². The summed E-state index contributed by atoms with van der Waals surface area (Å²) < 4.78 is 5.18. The molecule has 1 N–H and O–H groups in total. The molecule has 168 valence electrons. The zero-order valence-corrected chi connectivity index (χ0v) is 20.0. The van der Waals surface area contributed by atoms with Crippen LogP contribution in [0.25, 0.3) is 0 Å². The summed E-state index contributed by atoms with van der Waals surface area (Å²) in [6, 6.07) is 11.9. The van der Waals surface area contributed by atoms with E-state index in [4.69, 9.17) is 27.9 Å². The van der Waals surface area contributed by atoms with Gasteiger partial charge in [0.25, 0.3) is 0 Å². The van der Waals surface area contributed by atoms with Gasteiger partial charge in [0.15, 0.2) is 0 Å². The predicted molar refractivity (Wildman–Crippen MR) is 126 cm³/mol. The molecule has 2 rings (SSSR count). The Kier molecular flexibility index (Phi) is 9.66. The lowest BCUT2D eigenvalue weighted by Gasteiger charge is -2.31. The normalized spacial score (nSPS) is 11.8. The second kappa shape index (κ2) is 12.0. The summed E-state index contributed by atoms with van der Waals surface area (Å²) in [5, 5.41) is 3.94. The number of amides is 2. The van der Waals surface area contributed by atoms with Crippen molar-refractivity contribution in [3.05, 3.63) is 63.6 Å². The average molecular weight is 465 g/mol. The largest absolute Gasteiger partial charge is 0.497 e. The number of nitrogens with zero attached hydrogens (tertiary/aromatic N) is 1. The Morgan fingerprint density at radius 3 is 2.32 bits per heavy atom. The first-order valence-corrected chi connectivity index (χ1v) is 11.1. The van der Waals surface area contributed by atoms with Crippen molar-refractivity contribution in [3.63, 3.8) is 0 Å². The van der Waals surface area contributed by atoms with Crippen LogP contribution < -0.4 is 10.1 Å². The maximum absolute atomic E-state index is 13.3. The van der Waals surface area contributed by atoms with Gasteiger partial charge in [-0.05, 0) is 47.7 Å². The summed E-state index contributed by atoms with van der Waals surface area (Å²) in [6.07, 6.45) is 0.659. The van der Waals surface area contributed by atoms with Gasteiger partial charge >= 0.3 is 0 Å². The number of hydrogen-bond donors (Lipinski definition) is 1. The summed E-state index contributed by atoms with van der Waals surface area (Å²) in [5.41, 5.74) is 1.58. The van der Waals surface area contributed by atoms with Crippen molar-refractivity contribution < 1.29 is 14.3 Å². The van der Waals surface area contributed by atoms with E-state index >= 15 is 0 Å². The van der Waals surface area contributed by atoms with Crippen LogP contribution in [0, 0.1) is 5.92 Å². The molecule has 0 aromatic heterocycles. The van der Waals surface area contributed by atoms with Crippen LogP contribution in [0.3, 0.4) is 0 Å². The van der Waals surface area contributed by atoms with E-state index in [2.05, 4.69) is 5.32 Å². The molecule has 1 atom stereocenters. The minimum absolute atomic E-state index is 0.150. The molecule has 31 heavy (non-hydrogen) atoms. The van der Waals surface area contributed by atoms with Gasteiger partial charge in [-0.1, -0.05) is 62.2 Å². The lowest BCUT2D eigenvalue weighted by molar-refractivity contribution is -0.141. The molecule has 0 heterocycles. The summed E-state index contributed by atoms with van der Waals surface area (Å²) in [7, 11) is 1.60. The molecule has 0 aliphatic rings. The fourth-order valence-electron chi connectivity index (χ4n) is 3.20. The number of rotatable bonds is 10. The third-order valence-electron chi connectivity index (χ3n) is 4.94. The lowest BCUT2D eigenvalue weighted by Crippen LogP contribution is -2.50. The van der Waals surface area contributed by atoms with Crippen molar-refractivity contribution in [1.82, 2.24) is 10.2 Å². The summed E-state index contributed by atoms with van der Waals surface area (Å²) >= 11 is 12.4. The van der Waals surface area contributed by atoms with Crippen LogP contribution in [0.1, 0.15) is 38.3 Å². The first-order valence-electron chi connectivity index (χ1n) is 10.4. The number of carbonyl (C=O) groups excluding carboxylic acids is 2. The summed E-state index contributed by atoms with van der Waals surface area (Å²) in [5.74, 6) is 0.725. The minimum Gasteiger partial charge on any atom is -0.497 e. The molecule has 0 fully saturated rings. The summed E-state index contributed by atoms with van der Waals surface area (Å²) in [6.45, 7) is 6.73. The molecule has 0 bridgehead atoms. The molecular weight excluding hydrogens is 435 g/mol. The molecule has 0 saturated carbocycles. The van der Waals surface area contributed by atoms with Crippen LogP contribution in [0.15, 0.2) is 42.5 Å².